The zero-order chi connectivity index (χ0) is 14.9. The Hall–Kier alpha value is -2.21. The van der Waals surface area contributed by atoms with Crippen molar-refractivity contribution in [2.75, 3.05) is 0 Å². The molecular formula is C14H14N2O3S. The van der Waals surface area contributed by atoms with Gasteiger partial charge in [-0.15, -0.1) is 0 Å². The van der Waals surface area contributed by atoms with E-state index in [9.17, 15) is 9.90 Å². The van der Waals surface area contributed by atoms with Gasteiger partial charge in [-0.3, -0.25) is 4.79 Å². The number of thiol groups is 1. The summed E-state index contributed by atoms with van der Waals surface area (Å²) in [6.07, 6.45) is 1.56. The minimum Gasteiger partial charge on any atom is -0.508 e. The van der Waals surface area contributed by atoms with E-state index in [0.29, 0.717) is 28.1 Å². The first kappa shape index (κ1) is 14.2. The number of aromatic hydroxyl groups is 1. The van der Waals surface area contributed by atoms with Gasteiger partial charge >= 0.3 is 0 Å². The average molecular weight is 290 g/mol. The highest BCUT2D eigenvalue weighted by Crippen LogP contribution is 2.33. The SMILES string of the molecule is C=Cc1cc(O)ccc1-c1c(OS)c(C)nn(C)c1=O. The highest BCUT2D eigenvalue weighted by molar-refractivity contribution is 7.75. The first-order valence-corrected chi connectivity index (χ1v) is 6.21. The third-order valence-electron chi connectivity index (χ3n) is 2.98. The molecule has 104 valence electrons. The van der Waals surface area contributed by atoms with Crippen molar-refractivity contribution in [1.29, 1.82) is 0 Å². The van der Waals surface area contributed by atoms with Crippen LogP contribution >= 0.6 is 12.9 Å². The second-order valence-electron chi connectivity index (χ2n) is 4.29. The van der Waals surface area contributed by atoms with Crippen molar-refractivity contribution in [3.63, 3.8) is 0 Å². The summed E-state index contributed by atoms with van der Waals surface area (Å²) in [5, 5.41) is 13.6. The number of phenols is 1. The molecule has 5 nitrogen and oxygen atoms in total. The van der Waals surface area contributed by atoms with Crippen molar-refractivity contribution in [2.45, 2.75) is 6.92 Å². The standard InChI is InChI=1S/C14H14N2O3S/c1-4-9-7-10(17)5-6-11(9)12-13(19-20)8(2)15-16(3)14(12)18/h4-7,17,20H,1H2,2-3H3. The molecule has 0 aliphatic rings. The molecule has 1 heterocycles. The topological polar surface area (TPSA) is 64.3 Å². The van der Waals surface area contributed by atoms with Crippen LogP contribution in [0.4, 0.5) is 0 Å². The van der Waals surface area contributed by atoms with E-state index in [0.717, 1.165) is 0 Å². The predicted molar refractivity (Wildman–Crippen MR) is 81.0 cm³/mol. The Balaban J connectivity index is 2.88. The van der Waals surface area contributed by atoms with Crippen LogP contribution in [0.15, 0.2) is 29.6 Å². The normalized spacial score (nSPS) is 10.3. The van der Waals surface area contributed by atoms with Crippen LogP contribution < -0.4 is 9.74 Å². The van der Waals surface area contributed by atoms with Crippen molar-refractivity contribution < 1.29 is 9.29 Å². The number of benzene rings is 1. The van der Waals surface area contributed by atoms with Gasteiger partial charge in [0.1, 0.15) is 11.4 Å². The molecule has 6 heteroatoms. The van der Waals surface area contributed by atoms with Crippen LogP contribution in [0.1, 0.15) is 11.3 Å². The fourth-order valence-corrected chi connectivity index (χ4v) is 2.27. The fourth-order valence-electron chi connectivity index (χ4n) is 2.05. The molecule has 0 atom stereocenters. The van der Waals surface area contributed by atoms with Crippen LogP contribution in [-0.2, 0) is 7.05 Å². The molecule has 1 aromatic heterocycles. The molecule has 2 aromatic rings. The third kappa shape index (κ3) is 2.30. The van der Waals surface area contributed by atoms with Crippen LogP contribution in [-0.4, -0.2) is 14.9 Å². The van der Waals surface area contributed by atoms with Gasteiger partial charge in [0.15, 0.2) is 5.75 Å². The van der Waals surface area contributed by atoms with Crippen LogP contribution in [0, 0.1) is 6.92 Å². The molecule has 0 amide bonds. The van der Waals surface area contributed by atoms with E-state index in [1.54, 1.807) is 26.1 Å². The lowest BCUT2D eigenvalue weighted by Crippen LogP contribution is -2.23. The maximum absolute atomic E-state index is 12.3. The number of rotatable bonds is 3. The van der Waals surface area contributed by atoms with Gasteiger partial charge in [-0.1, -0.05) is 12.7 Å². The number of nitrogens with zero attached hydrogens (tertiary/aromatic N) is 2. The van der Waals surface area contributed by atoms with E-state index in [-0.39, 0.29) is 11.3 Å². The van der Waals surface area contributed by atoms with Gasteiger partial charge in [-0.25, -0.2) is 4.68 Å². The predicted octanol–water partition coefficient (Wildman–Crippen LogP) is 2.33. The molecule has 0 spiro atoms. The lowest BCUT2D eigenvalue weighted by Gasteiger charge is -2.13. The van der Waals surface area contributed by atoms with Crippen LogP contribution in [0.25, 0.3) is 17.2 Å². The van der Waals surface area contributed by atoms with E-state index in [2.05, 4.69) is 24.6 Å². The largest absolute Gasteiger partial charge is 0.508 e. The smallest absolute Gasteiger partial charge is 0.278 e. The molecule has 0 fully saturated rings. The second kappa shape index (κ2) is 5.42. The fraction of sp³-hybridized carbons (Fsp3) is 0.143. The molecule has 1 aromatic carbocycles. The van der Waals surface area contributed by atoms with Gasteiger partial charge < -0.3 is 9.29 Å². The molecule has 0 bridgehead atoms. The van der Waals surface area contributed by atoms with Crippen molar-refractivity contribution >= 4 is 19.0 Å². The minimum atomic E-state index is -0.312. The quantitative estimate of drug-likeness (QED) is 0.672. The Bertz CT molecular complexity index is 738. The average Bonchev–Trinajstić information content (AvgIpc) is 2.42. The van der Waals surface area contributed by atoms with Crippen LogP contribution in [0.5, 0.6) is 11.5 Å². The van der Waals surface area contributed by atoms with Gasteiger partial charge in [0.05, 0.1) is 5.56 Å². The van der Waals surface area contributed by atoms with E-state index in [1.807, 2.05) is 0 Å². The lowest BCUT2D eigenvalue weighted by atomic mass is 9.99. The molecule has 1 N–H and O–H groups in total. The van der Waals surface area contributed by atoms with E-state index in [1.165, 1.54) is 16.8 Å². The summed E-state index contributed by atoms with van der Waals surface area (Å²) in [6, 6.07) is 4.67. The number of aromatic nitrogens is 2. The Labute approximate surface area is 121 Å². The Morgan fingerprint density at radius 3 is 2.80 bits per heavy atom. The summed E-state index contributed by atoms with van der Waals surface area (Å²) in [7, 11) is 1.56. The van der Waals surface area contributed by atoms with Crippen molar-refractivity contribution in [1.82, 2.24) is 9.78 Å². The van der Waals surface area contributed by atoms with Gasteiger partial charge in [0.2, 0.25) is 0 Å². The number of phenolic OH excluding ortho intramolecular Hbond substituents is 1. The zero-order valence-electron chi connectivity index (χ0n) is 11.1. The summed E-state index contributed by atoms with van der Waals surface area (Å²) in [6.45, 7) is 5.42. The summed E-state index contributed by atoms with van der Waals surface area (Å²) >= 11 is 3.80. The summed E-state index contributed by atoms with van der Waals surface area (Å²) in [5.41, 5.74) is 1.80. The van der Waals surface area contributed by atoms with Gasteiger partial charge in [-0.2, -0.15) is 5.10 Å². The highest BCUT2D eigenvalue weighted by atomic mass is 32.1. The maximum atomic E-state index is 12.3. The Morgan fingerprint density at radius 1 is 1.50 bits per heavy atom. The third-order valence-corrected chi connectivity index (χ3v) is 3.16. The number of hydrogen-bond donors (Lipinski definition) is 2. The first-order chi connectivity index (χ1) is 9.49. The molecule has 2 rings (SSSR count). The van der Waals surface area contributed by atoms with Crippen LogP contribution in [0.3, 0.4) is 0 Å². The van der Waals surface area contributed by atoms with Gasteiger partial charge in [0, 0.05) is 20.0 Å². The summed E-state index contributed by atoms with van der Waals surface area (Å²) < 4.78 is 6.25. The lowest BCUT2D eigenvalue weighted by molar-refractivity contribution is 0.475. The first-order valence-electron chi connectivity index (χ1n) is 5.84. The molecule has 0 unspecified atom stereocenters. The Kier molecular flexibility index (Phi) is 3.85. The molecule has 0 aliphatic carbocycles. The molecule has 0 aliphatic heterocycles. The summed E-state index contributed by atoms with van der Waals surface area (Å²) in [5.74, 6) is 0.393. The van der Waals surface area contributed by atoms with Crippen molar-refractivity contribution in [2.24, 2.45) is 7.05 Å². The zero-order valence-corrected chi connectivity index (χ0v) is 12.0. The monoisotopic (exact) mass is 290 g/mol. The molecule has 0 radical (unpaired) electrons. The van der Waals surface area contributed by atoms with Gasteiger partial charge in [-0.05, 0) is 36.2 Å². The highest BCUT2D eigenvalue weighted by Gasteiger charge is 2.19. The molecular weight excluding hydrogens is 276 g/mol. The molecule has 0 saturated heterocycles. The van der Waals surface area contributed by atoms with Gasteiger partial charge in [0.25, 0.3) is 5.56 Å². The molecule has 20 heavy (non-hydrogen) atoms. The second-order valence-corrected chi connectivity index (χ2v) is 4.47. The number of aryl methyl sites for hydroxylation is 2. The number of hydrogen-bond acceptors (Lipinski definition) is 5. The van der Waals surface area contributed by atoms with E-state index in [4.69, 9.17) is 4.18 Å². The Morgan fingerprint density at radius 2 is 2.20 bits per heavy atom. The summed E-state index contributed by atoms with van der Waals surface area (Å²) in [4.78, 5) is 12.3. The van der Waals surface area contributed by atoms with E-state index < -0.39 is 0 Å². The minimum absolute atomic E-state index is 0.0968. The molecule has 0 saturated carbocycles. The maximum Gasteiger partial charge on any atom is 0.278 e. The van der Waals surface area contributed by atoms with Crippen molar-refractivity contribution in [3.8, 4) is 22.6 Å². The van der Waals surface area contributed by atoms with Crippen LogP contribution in [0.2, 0.25) is 0 Å². The van der Waals surface area contributed by atoms with E-state index >= 15 is 0 Å². The van der Waals surface area contributed by atoms with Crippen molar-refractivity contribution in [3.05, 3.63) is 46.4 Å².